The Hall–Kier alpha value is -2.51. The number of nitrogens with zero attached hydrogens (tertiary/aromatic N) is 2. The molecule has 1 heterocycles. The van der Waals surface area contributed by atoms with Crippen LogP contribution in [0.1, 0.15) is 11.5 Å². The minimum atomic E-state index is -3.47. The smallest absolute Gasteiger partial charge is 0.242 e. The van der Waals surface area contributed by atoms with Crippen molar-refractivity contribution in [3.8, 4) is 11.4 Å². The molecule has 6 nitrogen and oxygen atoms in total. The Bertz CT molecular complexity index is 862. The molecule has 1 N–H and O–H groups in total. The maximum absolute atomic E-state index is 12.0. The Morgan fingerprint density at radius 1 is 0.957 bits per heavy atom. The van der Waals surface area contributed by atoms with Gasteiger partial charge in [0.1, 0.15) is 0 Å². The summed E-state index contributed by atoms with van der Waals surface area (Å²) >= 11 is 0. The van der Waals surface area contributed by atoms with Crippen molar-refractivity contribution in [2.45, 2.75) is 12.3 Å². The SMILES string of the molecule is O=S(=O)(Cc1ccccc1)NCc1nc(-c2ccccc2)no1. The van der Waals surface area contributed by atoms with E-state index in [-0.39, 0.29) is 18.2 Å². The van der Waals surface area contributed by atoms with Crippen molar-refractivity contribution in [3.05, 3.63) is 72.1 Å². The van der Waals surface area contributed by atoms with E-state index in [4.69, 9.17) is 4.52 Å². The molecule has 3 aromatic rings. The molecule has 0 amide bonds. The van der Waals surface area contributed by atoms with Crippen LogP contribution in [0.4, 0.5) is 0 Å². The first-order valence-electron chi connectivity index (χ1n) is 7.02. The van der Waals surface area contributed by atoms with Gasteiger partial charge in [0.15, 0.2) is 0 Å². The maximum Gasteiger partial charge on any atom is 0.242 e. The highest BCUT2D eigenvalue weighted by molar-refractivity contribution is 7.88. The first-order chi connectivity index (χ1) is 11.1. The van der Waals surface area contributed by atoms with E-state index in [2.05, 4.69) is 14.9 Å². The molecule has 0 radical (unpaired) electrons. The van der Waals surface area contributed by atoms with Gasteiger partial charge in [0.25, 0.3) is 0 Å². The highest BCUT2D eigenvalue weighted by atomic mass is 32.2. The van der Waals surface area contributed by atoms with Crippen molar-refractivity contribution >= 4 is 10.0 Å². The van der Waals surface area contributed by atoms with Gasteiger partial charge in [0.05, 0.1) is 12.3 Å². The highest BCUT2D eigenvalue weighted by Gasteiger charge is 2.14. The molecule has 0 aliphatic rings. The molecule has 1 aromatic heterocycles. The van der Waals surface area contributed by atoms with Crippen LogP contribution in [0.25, 0.3) is 11.4 Å². The molecule has 0 spiro atoms. The van der Waals surface area contributed by atoms with Gasteiger partial charge in [-0.05, 0) is 5.56 Å². The van der Waals surface area contributed by atoms with Gasteiger partial charge < -0.3 is 4.52 Å². The molecule has 0 saturated carbocycles. The quantitative estimate of drug-likeness (QED) is 0.750. The summed E-state index contributed by atoms with van der Waals surface area (Å²) in [6.07, 6.45) is 0. The first kappa shape index (κ1) is 15.4. The zero-order chi connectivity index (χ0) is 16.1. The Kier molecular flexibility index (Phi) is 4.50. The molecule has 0 saturated heterocycles. The van der Waals surface area contributed by atoms with Gasteiger partial charge in [-0.25, -0.2) is 13.1 Å². The number of benzene rings is 2. The normalized spacial score (nSPS) is 11.5. The summed E-state index contributed by atoms with van der Waals surface area (Å²) in [7, 11) is -3.47. The molecule has 23 heavy (non-hydrogen) atoms. The van der Waals surface area contributed by atoms with Gasteiger partial charge in [0, 0.05) is 5.56 Å². The van der Waals surface area contributed by atoms with Crippen LogP contribution >= 0.6 is 0 Å². The Labute approximate surface area is 134 Å². The Morgan fingerprint density at radius 2 is 1.61 bits per heavy atom. The number of nitrogens with one attached hydrogen (secondary N) is 1. The van der Waals surface area contributed by atoms with Crippen molar-refractivity contribution in [2.75, 3.05) is 0 Å². The lowest BCUT2D eigenvalue weighted by molar-refractivity contribution is 0.376. The summed E-state index contributed by atoms with van der Waals surface area (Å²) < 4.78 is 31.6. The molecule has 0 unspecified atom stereocenters. The average molecular weight is 329 g/mol. The van der Waals surface area contributed by atoms with E-state index in [1.54, 1.807) is 24.3 Å². The van der Waals surface area contributed by atoms with Gasteiger partial charge in [-0.3, -0.25) is 0 Å². The number of hydrogen-bond acceptors (Lipinski definition) is 5. The molecular formula is C16H15N3O3S. The monoisotopic (exact) mass is 329 g/mol. The molecule has 0 aliphatic carbocycles. The third kappa shape index (κ3) is 4.24. The molecule has 7 heteroatoms. The van der Waals surface area contributed by atoms with Gasteiger partial charge in [-0.1, -0.05) is 65.8 Å². The largest absolute Gasteiger partial charge is 0.338 e. The van der Waals surface area contributed by atoms with Crippen LogP contribution in [0.3, 0.4) is 0 Å². The molecule has 3 rings (SSSR count). The van der Waals surface area contributed by atoms with Crippen molar-refractivity contribution in [1.29, 1.82) is 0 Å². The lowest BCUT2D eigenvalue weighted by atomic mass is 10.2. The van der Waals surface area contributed by atoms with Gasteiger partial charge >= 0.3 is 0 Å². The van der Waals surface area contributed by atoms with Crippen molar-refractivity contribution < 1.29 is 12.9 Å². The van der Waals surface area contributed by atoms with E-state index in [0.717, 1.165) is 11.1 Å². The lowest BCUT2D eigenvalue weighted by Crippen LogP contribution is -2.24. The van der Waals surface area contributed by atoms with E-state index in [9.17, 15) is 8.42 Å². The molecule has 0 atom stereocenters. The van der Waals surface area contributed by atoms with Crippen LogP contribution in [0.5, 0.6) is 0 Å². The molecule has 0 aliphatic heterocycles. The highest BCUT2D eigenvalue weighted by Crippen LogP contribution is 2.14. The summed E-state index contributed by atoms with van der Waals surface area (Å²) in [4.78, 5) is 4.19. The van der Waals surface area contributed by atoms with E-state index >= 15 is 0 Å². The van der Waals surface area contributed by atoms with Gasteiger partial charge in [-0.15, -0.1) is 0 Å². The number of aromatic nitrogens is 2. The standard InChI is InChI=1S/C16H15N3O3S/c20-23(21,12-13-7-3-1-4-8-13)17-11-15-18-16(19-22-15)14-9-5-2-6-10-14/h1-10,17H,11-12H2. The molecule has 2 aromatic carbocycles. The van der Waals surface area contributed by atoms with Crippen LogP contribution in [0.2, 0.25) is 0 Å². The second-order valence-corrected chi connectivity index (χ2v) is 6.75. The molecular weight excluding hydrogens is 314 g/mol. The molecule has 0 fully saturated rings. The zero-order valence-electron chi connectivity index (χ0n) is 12.2. The zero-order valence-corrected chi connectivity index (χ0v) is 13.0. The fourth-order valence-electron chi connectivity index (χ4n) is 2.05. The third-order valence-corrected chi connectivity index (χ3v) is 4.44. The van der Waals surface area contributed by atoms with Crippen LogP contribution in [0, 0.1) is 0 Å². The van der Waals surface area contributed by atoms with E-state index in [0.29, 0.717) is 5.82 Å². The topological polar surface area (TPSA) is 85.1 Å². The van der Waals surface area contributed by atoms with Crippen LogP contribution in [-0.4, -0.2) is 18.6 Å². The summed E-state index contributed by atoms with van der Waals surface area (Å²) in [6.45, 7) is -0.0327. The Morgan fingerprint density at radius 3 is 2.30 bits per heavy atom. The number of hydrogen-bond donors (Lipinski definition) is 1. The second-order valence-electron chi connectivity index (χ2n) is 4.94. The minimum Gasteiger partial charge on any atom is -0.338 e. The molecule has 0 bridgehead atoms. The number of rotatable bonds is 6. The van der Waals surface area contributed by atoms with Gasteiger partial charge in [0.2, 0.25) is 21.7 Å². The summed E-state index contributed by atoms with van der Waals surface area (Å²) in [5, 5.41) is 3.85. The third-order valence-electron chi connectivity index (χ3n) is 3.14. The molecule has 118 valence electrons. The minimum absolute atomic E-state index is 0.0327. The number of sulfonamides is 1. The van der Waals surface area contributed by atoms with Crippen molar-refractivity contribution in [1.82, 2.24) is 14.9 Å². The van der Waals surface area contributed by atoms with Gasteiger partial charge in [-0.2, -0.15) is 4.98 Å². The van der Waals surface area contributed by atoms with Crippen LogP contribution in [0.15, 0.2) is 65.2 Å². The average Bonchev–Trinajstić information content (AvgIpc) is 3.04. The predicted molar refractivity (Wildman–Crippen MR) is 85.6 cm³/mol. The summed E-state index contributed by atoms with van der Waals surface area (Å²) in [5.74, 6) is 0.566. The second kappa shape index (κ2) is 6.72. The fraction of sp³-hybridized carbons (Fsp3) is 0.125. The Balaban J connectivity index is 1.63. The predicted octanol–water partition coefficient (Wildman–Crippen LogP) is 2.36. The fourth-order valence-corrected chi connectivity index (χ4v) is 3.12. The summed E-state index contributed by atoms with van der Waals surface area (Å²) in [6, 6.07) is 18.3. The van der Waals surface area contributed by atoms with Crippen LogP contribution in [-0.2, 0) is 22.3 Å². The van der Waals surface area contributed by atoms with E-state index in [1.807, 2.05) is 36.4 Å². The van der Waals surface area contributed by atoms with Crippen molar-refractivity contribution in [2.24, 2.45) is 0 Å². The maximum atomic E-state index is 12.0. The van der Waals surface area contributed by atoms with Crippen molar-refractivity contribution in [3.63, 3.8) is 0 Å². The first-order valence-corrected chi connectivity index (χ1v) is 8.67. The summed E-state index contributed by atoms with van der Waals surface area (Å²) in [5.41, 5.74) is 1.53. The van der Waals surface area contributed by atoms with Crippen LogP contribution < -0.4 is 4.72 Å². The van der Waals surface area contributed by atoms with E-state index in [1.165, 1.54) is 0 Å². The lowest BCUT2D eigenvalue weighted by Gasteiger charge is -2.04. The van der Waals surface area contributed by atoms with E-state index < -0.39 is 10.0 Å².